The van der Waals surface area contributed by atoms with Crippen LogP contribution in [0, 0.1) is 0 Å². The molecule has 0 aliphatic carbocycles. The van der Waals surface area contributed by atoms with Crippen LogP contribution in [0.25, 0.3) is 0 Å². The monoisotopic (exact) mass is 345 g/mol. The molecule has 0 aromatic carbocycles. The van der Waals surface area contributed by atoms with Gasteiger partial charge in [0.05, 0.1) is 31.4 Å². The highest BCUT2D eigenvalue weighted by atomic mass is 31.2. The van der Waals surface area contributed by atoms with Crippen molar-refractivity contribution < 1.29 is 4.39 Å². The van der Waals surface area contributed by atoms with E-state index < -0.39 is 7.26 Å². The molecule has 3 heterocycles. The van der Waals surface area contributed by atoms with Gasteiger partial charge in [-0.2, -0.15) is 0 Å². The van der Waals surface area contributed by atoms with Crippen molar-refractivity contribution in [1.29, 1.82) is 0 Å². The van der Waals surface area contributed by atoms with Crippen LogP contribution in [0.5, 0.6) is 0 Å². The van der Waals surface area contributed by atoms with Gasteiger partial charge in [-0.25, -0.2) is 0 Å². The van der Waals surface area contributed by atoms with Crippen molar-refractivity contribution in [3.05, 3.63) is 36.8 Å². The van der Waals surface area contributed by atoms with Crippen LogP contribution in [0.15, 0.2) is 36.8 Å². The minimum Gasteiger partial charge on any atom is -0.251 e. The lowest BCUT2D eigenvalue weighted by atomic mass is 10.4. The molecule has 0 radical (unpaired) electrons. The minimum absolute atomic E-state index is 0.383. The molecule has 0 saturated heterocycles. The largest absolute Gasteiger partial charge is 0.251 e. The van der Waals surface area contributed by atoms with E-state index in [1.807, 2.05) is 0 Å². The number of nitrogens with zero attached hydrogens (tertiary/aromatic N) is 9. The molecule has 0 atom stereocenters. The van der Waals surface area contributed by atoms with Gasteiger partial charge < -0.3 is 0 Å². The van der Waals surface area contributed by atoms with E-state index in [2.05, 4.69) is 46.2 Å². The molecule has 0 unspecified atom stereocenters. The summed E-state index contributed by atoms with van der Waals surface area (Å²) in [6, 6.07) is 5.33. The Morgan fingerprint density at radius 1 is 0.708 bits per heavy atom. The van der Waals surface area contributed by atoms with Gasteiger partial charge in [0.15, 0.2) is 7.26 Å². The van der Waals surface area contributed by atoms with Crippen molar-refractivity contribution in [3.8, 4) is 0 Å². The van der Waals surface area contributed by atoms with Crippen LogP contribution < -0.4 is 16.3 Å². The quantitative estimate of drug-likeness (QED) is 0.404. The summed E-state index contributed by atoms with van der Waals surface area (Å²) in [5, 5.41) is 35.1. The van der Waals surface area contributed by atoms with Gasteiger partial charge >= 0.3 is 0 Å². The highest BCUT2D eigenvalue weighted by molar-refractivity contribution is 7.95. The van der Waals surface area contributed by atoms with Crippen molar-refractivity contribution in [2.45, 2.75) is 12.8 Å². The molecule has 0 bridgehead atoms. The molecule has 0 spiro atoms. The fourth-order valence-electron chi connectivity index (χ4n) is 2.45. The Bertz CT molecular complexity index is 650. The van der Waals surface area contributed by atoms with Crippen LogP contribution in [0.4, 0.5) is 4.39 Å². The van der Waals surface area contributed by atoms with Crippen LogP contribution >= 0.6 is 7.26 Å². The number of alkyl halides is 1. The summed E-state index contributed by atoms with van der Waals surface area (Å²) in [7, 11) is -2.39. The molecule has 24 heavy (non-hydrogen) atoms. The second-order valence-electron chi connectivity index (χ2n) is 4.87. The van der Waals surface area contributed by atoms with E-state index in [1.54, 1.807) is 36.8 Å². The van der Waals surface area contributed by atoms with Crippen LogP contribution in [-0.2, 0) is 0 Å². The molecular formula is C13H14FN9P+. The standard InChI is InChI=1S/C13H14FN9P/c14-6-1-2-10-24(11-3-7-15-21-18-11,12-4-8-16-22-19-12)13-5-9-17-23-20-13/h3-5,7-9H,1-2,6,10H2/q+1/i14-1. The fraction of sp³-hybridized carbons (Fsp3) is 0.308. The molecule has 11 heteroatoms. The van der Waals surface area contributed by atoms with Gasteiger partial charge in [-0.15, -0.1) is 15.3 Å². The van der Waals surface area contributed by atoms with Gasteiger partial charge in [-0.3, -0.25) is 4.39 Å². The van der Waals surface area contributed by atoms with Crippen molar-refractivity contribution in [2.24, 2.45) is 0 Å². The molecule has 0 aliphatic heterocycles. The van der Waals surface area contributed by atoms with Crippen molar-refractivity contribution in [2.75, 3.05) is 12.8 Å². The zero-order valence-electron chi connectivity index (χ0n) is 12.6. The lowest BCUT2D eigenvalue weighted by Gasteiger charge is -2.21. The van der Waals surface area contributed by atoms with E-state index in [9.17, 15) is 4.39 Å². The van der Waals surface area contributed by atoms with Crippen LogP contribution in [0.1, 0.15) is 12.8 Å². The van der Waals surface area contributed by atoms with Gasteiger partial charge in [0.1, 0.15) is 0 Å². The molecule has 0 saturated carbocycles. The average Bonchev–Trinajstić information content (AvgIpc) is 2.68. The van der Waals surface area contributed by atoms with E-state index in [0.717, 1.165) is 0 Å². The summed E-state index contributed by atoms with van der Waals surface area (Å²) in [4.78, 5) is 0. The number of hydrogen-bond acceptors (Lipinski definition) is 9. The zero-order valence-corrected chi connectivity index (χ0v) is 13.5. The summed E-state index contributed by atoms with van der Waals surface area (Å²) in [6.07, 6.45) is 6.40. The summed E-state index contributed by atoms with van der Waals surface area (Å²) in [5.41, 5.74) is 2.08. The van der Waals surface area contributed by atoms with Gasteiger partial charge in [-0.1, -0.05) is 15.3 Å². The first kappa shape index (κ1) is 16.3. The van der Waals surface area contributed by atoms with Crippen LogP contribution in [0.2, 0.25) is 0 Å². The summed E-state index contributed by atoms with van der Waals surface area (Å²) in [5.74, 6) is 0. The molecule has 9 nitrogen and oxygen atoms in total. The lowest BCUT2D eigenvalue weighted by Crippen LogP contribution is -2.39. The SMILES string of the molecule is [18F]CCCC[P+](c1ccnnn1)(c1ccnnn1)c1ccnnn1. The second-order valence-corrected chi connectivity index (χ2v) is 8.31. The molecule has 3 rings (SSSR count). The molecular weight excluding hydrogens is 331 g/mol. The summed E-state index contributed by atoms with van der Waals surface area (Å²) >= 11 is 0. The number of hydrogen-bond donors (Lipinski definition) is 0. The Kier molecular flexibility index (Phi) is 5.27. The maximum atomic E-state index is 12.7. The van der Waals surface area contributed by atoms with Gasteiger partial charge in [0, 0.05) is 18.2 Å². The van der Waals surface area contributed by atoms with Gasteiger partial charge in [0.2, 0.25) is 16.3 Å². The first-order valence-electron chi connectivity index (χ1n) is 7.27. The maximum Gasteiger partial charge on any atom is 0.219 e. The second kappa shape index (κ2) is 7.78. The third-order valence-electron chi connectivity index (χ3n) is 3.52. The topological polar surface area (TPSA) is 116 Å². The van der Waals surface area contributed by atoms with Crippen molar-refractivity contribution >= 4 is 23.6 Å². The Balaban J connectivity index is 2.20. The Morgan fingerprint density at radius 2 is 1.17 bits per heavy atom. The number of aromatic nitrogens is 9. The molecule has 0 amide bonds. The summed E-state index contributed by atoms with van der Waals surface area (Å²) in [6.45, 7) is -0.383. The average molecular weight is 345 g/mol. The van der Waals surface area contributed by atoms with E-state index in [0.29, 0.717) is 35.3 Å². The summed E-state index contributed by atoms with van der Waals surface area (Å²) < 4.78 is 12.7. The van der Waals surface area contributed by atoms with Crippen LogP contribution in [-0.4, -0.2) is 59.1 Å². The molecule has 3 aromatic heterocycles. The lowest BCUT2D eigenvalue weighted by molar-refractivity contribution is 0.470. The van der Waals surface area contributed by atoms with E-state index >= 15 is 0 Å². The molecule has 0 N–H and O–H groups in total. The third kappa shape index (κ3) is 3.18. The first-order valence-corrected chi connectivity index (χ1v) is 9.24. The smallest absolute Gasteiger partial charge is 0.219 e. The zero-order chi connectivity index (χ0) is 16.7. The fourth-order valence-corrected chi connectivity index (χ4v) is 6.09. The van der Waals surface area contributed by atoms with Crippen LogP contribution in [0.3, 0.4) is 0 Å². The maximum absolute atomic E-state index is 12.7. The minimum atomic E-state index is -2.39. The highest BCUT2D eigenvalue weighted by Gasteiger charge is 2.50. The molecule has 0 fully saturated rings. The molecule has 3 aromatic rings. The van der Waals surface area contributed by atoms with E-state index in [4.69, 9.17) is 0 Å². The van der Waals surface area contributed by atoms with Gasteiger partial charge in [0.25, 0.3) is 0 Å². The van der Waals surface area contributed by atoms with Crippen molar-refractivity contribution in [1.82, 2.24) is 46.2 Å². The van der Waals surface area contributed by atoms with Crippen molar-refractivity contribution in [3.63, 3.8) is 0 Å². The molecule has 0 aliphatic rings. The normalized spacial score (nSPS) is 11.4. The first-order chi connectivity index (χ1) is 11.9. The van der Waals surface area contributed by atoms with Gasteiger partial charge in [-0.05, 0) is 28.5 Å². The Morgan fingerprint density at radius 3 is 1.50 bits per heavy atom. The predicted octanol–water partition coefficient (Wildman–Crippen LogP) is -0.715. The number of halogens is 1. The van der Waals surface area contributed by atoms with E-state index in [-0.39, 0.29) is 6.67 Å². The Hall–Kier alpha value is -2.61. The third-order valence-corrected chi connectivity index (χ3v) is 7.57. The Labute approximate surface area is 137 Å². The van der Waals surface area contributed by atoms with E-state index in [1.165, 1.54) is 0 Å². The number of rotatable bonds is 7. The highest BCUT2D eigenvalue weighted by Crippen LogP contribution is 2.53. The predicted molar refractivity (Wildman–Crippen MR) is 85.4 cm³/mol. The molecule has 122 valence electrons. The number of unbranched alkanes of at least 4 members (excludes halogenated alkanes) is 1.